The molecule has 3 rings (SSSR count). The third-order valence-electron chi connectivity index (χ3n) is 4.83. The predicted molar refractivity (Wildman–Crippen MR) is 95.6 cm³/mol. The van der Waals surface area contributed by atoms with Gasteiger partial charge in [0.2, 0.25) is 0 Å². The molecule has 2 aliphatic rings. The Kier molecular flexibility index (Phi) is 5.58. The van der Waals surface area contributed by atoms with Gasteiger partial charge in [0.05, 0.1) is 12.2 Å². The van der Waals surface area contributed by atoms with Crippen LogP contribution in [0.4, 0.5) is 4.79 Å². The van der Waals surface area contributed by atoms with Gasteiger partial charge < -0.3 is 20.3 Å². The Balaban J connectivity index is 1.48. The fraction of sp³-hybridized carbons (Fsp3) is 0.579. The van der Waals surface area contributed by atoms with Crippen molar-refractivity contribution in [1.82, 2.24) is 15.5 Å². The number of hydrogen-bond donors (Lipinski definition) is 2. The summed E-state index contributed by atoms with van der Waals surface area (Å²) in [4.78, 5) is 26.0. The average Bonchev–Trinajstić information content (AvgIpc) is 3.46. The van der Waals surface area contributed by atoms with Crippen LogP contribution in [0, 0.1) is 5.92 Å². The molecule has 3 amide bonds. The molecule has 2 fully saturated rings. The molecule has 0 unspecified atom stereocenters. The summed E-state index contributed by atoms with van der Waals surface area (Å²) in [5.41, 5.74) is 1.67. The van der Waals surface area contributed by atoms with Crippen molar-refractivity contribution in [2.45, 2.75) is 38.4 Å². The Labute approximate surface area is 148 Å². The van der Waals surface area contributed by atoms with E-state index in [0.29, 0.717) is 37.5 Å². The minimum Gasteiger partial charge on any atom is -0.371 e. The number of benzene rings is 1. The number of nitrogens with one attached hydrogen (secondary N) is 2. The van der Waals surface area contributed by atoms with Crippen molar-refractivity contribution in [1.29, 1.82) is 0 Å². The summed E-state index contributed by atoms with van der Waals surface area (Å²) < 4.78 is 5.95. The first kappa shape index (κ1) is 17.7. The van der Waals surface area contributed by atoms with Gasteiger partial charge in [-0.2, -0.15) is 0 Å². The molecule has 1 aromatic carbocycles. The largest absolute Gasteiger partial charge is 0.371 e. The maximum Gasteiger partial charge on any atom is 0.317 e. The van der Waals surface area contributed by atoms with E-state index in [9.17, 15) is 9.59 Å². The molecule has 2 atom stereocenters. The summed E-state index contributed by atoms with van der Waals surface area (Å²) in [7, 11) is 1.62. The normalized spacial score (nSPS) is 23.2. The van der Waals surface area contributed by atoms with Gasteiger partial charge in [-0.25, -0.2) is 4.79 Å². The molecule has 1 saturated carbocycles. The molecule has 1 heterocycles. The number of hydrogen-bond acceptors (Lipinski definition) is 3. The summed E-state index contributed by atoms with van der Waals surface area (Å²) in [6.07, 6.45) is 3.42. The van der Waals surface area contributed by atoms with Crippen molar-refractivity contribution >= 4 is 11.9 Å². The second-order valence-corrected chi connectivity index (χ2v) is 6.99. The molecular formula is C19H27N3O3. The van der Waals surface area contributed by atoms with Crippen LogP contribution in [0.25, 0.3) is 0 Å². The van der Waals surface area contributed by atoms with Crippen molar-refractivity contribution in [3.8, 4) is 0 Å². The smallest absolute Gasteiger partial charge is 0.317 e. The van der Waals surface area contributed by atoms with Crippen LogP contribution in [0.5, 0.6) is 0 Å². The third kappa shape index (κ3) is 4.72. The Hall–Kier alpha value is -2.08. The summed E-state index contributed by atoms with van der Waals surface area (Å²) in [6.45, 7) is 3.91. The van der Waals surface area contributed by atoms with Crippen molar-refractivity contribution in [3.05, 3.63) is 35.4 Å². The molecule has 136 valence electrons. The van der Waals surface area contributed by atoms with E-state index < -0.39 is 0 Å². The van der Waals surface area contributed by atoms with Crippen LogP contribution in [0.3, 0.4) is 0 Å². The average molecular weight is 345 g/mol. The Morgan fingerprint density at radius 1 is 1.28 bits per heavy atom. The zero-order valence-electron chi connectivity index (χ0n) is 15.0. The minimum absolute atomic E-state index is 0.0248. The molecule has 1 saturated heterocycles. The van der Waals surface area contributed by atoms with Gasteiger partial charge in [0.25, 0.3) is 5.91 Å². The SMILES string of the molecule is CNC(=O)c1cccc(CCNC(=O)N2C[C@@H](C)O[C@H](C3CC3)C2)c1. The lowest BCUT2D eigenvalue weighted by molar-refractivity contribution is -0.0730. The maximum absolute atomic E-state index is 12.4. The molecule has 6 nitrogen and oxygen atoms in total. The number of nitrogens with zero attached hydrogens (tertiary/aromatic N) is 1. The number of amides is 3. The minimum atomic E-state index is -0.0979. The highest BCUT2D eigenvalue weighted by Crippen LogP contribution is 2.36. The standard InChI is InChI=1S/C19H27N3O3/c1-13-11-22(12-17(25-13)15-6-7-15)19(24)21-9-8-14-4-3-5-16(10-14)18(23)20-2/h3-5,10,13,15,17H,6-9,11-12H2,1-2H3,(H,20,23)(H,21,24)/t13-,17+/m1/s1. The first-order valence-electron chi connectivity index (χ1n) is 9.06. The first-order valence-corrected chi connectivity index (χ1v) is 9.06. The lowest BCUT2D eigenvalue weighted by Crippen LogP contribution is -2.53. The van der Waals surface area contributed by atoms with Gasteiger partial charge >= 0.3 is 6.03 Å². The first-order chi connectivity index (χ1) is 12.1. The highest BCUT2D eigenvalue weighted by Gasteiger charge is 2.38. The third-order valence-corrected chi connectivity index (χ3v) is 4.83. The van der Waals surface area contributed by atoms with Gasteiger partial charge in [0, 0.05) is 32.2 Å². The molecule has 25 heavy (non-hydrogen) atoms. The van der Waals surface area contributed by atoms with Crippen LogP contribution in [-0.2, 0) is 11.2 Å². The molecule has 0 spiro atoms. The number of urea groups is 1. The number of ether oxygens (including phenoxy) is 1. The lowest BCUT2D eigenvalue weighted by atomic mass is 10.1. The maximum atomic E-state index is 12.4. The Morgan fingerprint density at radius 2 is 2.08 bits per heavy atom. The molecule has 0 bridgehead atoms. The molecule has 1 aliphatic carbocycles. The zero-order chi connectivity index (χ0) is 17.8. The van der Waals surface area contributed by atoms with Crippen LogP contribution in [-0.4, -0.2) is 55.7 Å². The molecule has 1 aromatic rings. The summed E-state index contributed by atoms with van der Waals surface area (Å²) in [5.74, 6) is 0.532. The number of carbonyl (C=O) groups is 2. The topological polar surface area (TPSA) is 70.7 Å². The fourth-order valence-corrected chi connectivity index (χ4v) is 3.32. The van der Waals surface area contributed by atoms with Gasteiger partial charge in [0.1, 0.15) is 0 Å². The highest BCUT2D eigenvalue weighted by atomic mass is 16.5. The van der Waals surface area contributed by atoms with E-state index in [2.05, 4.69) is 10.6 Å². The number of rotatable bonds is 5. The molecule has 2 N–H and O–H groups in total. The van der Waals surface area contributed by atoms with Gasteiger partial charge in [-0.05, 0) is 49.8 Å². The van der Waals surface area contributed by atoms with Crippen LogP contribution >= 0.6 is 0 Å². The zero-order valence-corrected chi connectivity index (χ0v) is 15.0. The summed E-state index contributed by atoms with van der Waals surface area (Å²) >= 11 is 0. The van der Waals surface area contributed by atoms with Gasteiger partial charge in [0.15, 0.2) is 0 Å². The quantitative estimate of drug-likeness (QED) is 0.855. The molecule has 0 aromatic heterocycles. The van der Waals surface area contributed by atoms with Crippen molar-refractivity contribution < 1.29 is 14.3 Å². The second-order valence-electron chi connectivity index (χ2n) is 6.99. The second kappa shape index (κ2) is 7.87. The summed E-state index contributed by atoms with van der Waals surface area (Å²) in [6, 6.07) is 7.46. The van der Waals surface area contributed by atoms with Gasteiger partial charge in [-0.15, -0.1) is 0 Å². The molecule has 0 radical (unpaired) electrons. The van der Waals surface area contributed by atoms with Crippen LogP contribution in [0.1, 0.15) is 35.7 Å². The summed E-state index contributed by atoms with van der Waals surface area (Å²) in [5, 5.41) is 5.62. The van der Waals surface area contributed by atoms with Crippen LogP contribution < -0.4 is 10.6 Å². The van der Waals surface area contributed by atoms with E-state index in [4.69, 9.17) is 4.74 Å². The van der Waals surface area contributed by atoms with E-state index in [1.54, 1.807) is 13.1 Å². The van der Waals surface area contributed by atoms with Crippen LogP contribution in [0.15, 0.2) is 24.3 Å². The Morgan fingerprint density at radius 3 is 2.80 bits per heavy atom. The van der Waals surface area contributed by atoms with E-state index in [1.807, 2.05) is 30.0 Å². The van der Waals surface area contributed by atoms with E-state index in [0.717, 1.165) is 5.56 Å². The van der Waals surface area contributed by atoms with E-state index >= 15 is 0 Å². The highest BCUT2D eigenvalue weighted by molar-refractivity contribution is 5.94. The van der Waals surface area contributed by atoms with Gasteiger partial charge in [-0.1, -0.05) is 12.1 Å². The number of carbonyl (C=O) groups excluding carboxylic acids is 2. The predicted octanol–water partition coefficient (Wildman–Crippen LogP) is 1.80. The van der Waals surface area contributed by atoms with Crippen molar-refractivity contribution in [2.24, 2.45) is 5.92 Å². The van der Waals surface area contributed by atoms with E-state index in [1.165, 1.54) is 12.8 Å². The molecule has 6 heteroatoms. The van der Waals surface area contributed by atoms with Gasteiger partial charge in [-0.3, -0.25) is 4.79 Å². The lowest BCUT2D eigenvalue weighted by Gasteiger charge is -2.37. The fourth-order valence-electron chi connectivity index (χ4n) is 3.32. The molecular weight excluding hydrogens is 318 g/mol. The van der Waals surface area contributed by atoms with Crippen molar-refractivity contribution in [2.75, 3.05) is 26.7 Å². The Bertz CT molecular complexity index is 630. The number of morpholine rings is 1. The van der Waals surface area contributed by atoms with E-state index in [-0.39, 0.29) is 24.1 Å². The van der Waals surface area contributed by atoms with Crippen molar-refractivity contribution in [3.63, 3.8) is 0 Å². The molecule has 1 aliphatic heterocycles. The monoisotopic (exact) mass is 345 g/mol. The van der Waals surface area contributed by atoms with Crippen LogP contribution in [0.2, 0.25) is 0 Å².